The molecule has 5 nitrogen and oxygen atoms in total. The van der Waals surface area contributed by atoms with Crippen LogP contribution in [0.15, 0.2) is 6.20 Å². The number of hydrogen-bond donors (Lipinski definition) is 3. The predicted molar refractivity (Wildman–Crippen MR) is 60.4 cm³/mol. The van der Waals surface area contributed by atoms with E-state index < -0.39 is 0 Å². The molecule has 0 atom stereocenters. The molecular formula is C9H16N4OS. The fraction of sp³-hybridized carbons (Fsp3) is 0.667. The zero-order valence-corrected chi connectivity index (χ0v) is 9.33. The van der Waals surface area contributed by atoms with Crippen molar-refractivity contribution in [3.63, 3.8) is 0 Å². The Labute approximate surface area is 92.9 Å². The molecule has 2 rings (SSSR count). The lowest BCUT2D eigenvalue weighted by Gasteiger charge is -2.28. The molecule has 1 aromatic heterocycles. The molecule has 6 heteroatoms. The normalized spacial score (nSPS) is 19.3. The summed E-state index contributed by atoms with van der Waals surface area (Å²) >= 11 is 1.58. The van der Waals surface area contributed by atoms with Gasteiger partial charge in [0.1, 0.15) is 0 Å². The van der Waals surface area contributed by atoms with Crippen LogP contribution in [0.4, 0.5) is 5.13 Å². The standard InChI is InChI=1S/C9H16N4OS/c10-12-9-11-5-8(15-9)6-13-3-1-7(14)2-4-13/h5,7,14H,1-4,6,10H2,(H,11,12). The zero-order valence-electron chi connectivity index (χ0n) is 8.52. The molecule has 0 aliphatic carbocycles. The minimum absolute atomic E-state index is 0.107. The maximum absolute atomic E-state index is 9.37. The van der Waals surface area contributed by atoms with Crippen LogP contribution in [0.1, 0.15) is 17.7 Å². The van der Waals surface area contributed by atoms with E-state index in [1.54, 1.807) is 11.3 Å². The Balaban J connectivity index is 1.86. The highest BCUT2D eigenvalue weighted by molar-refractivity contribution is 7.15. The first kappa shape index (κ1) is 10.8. The predicted octanol–water partition coefficient (Wildman–Crippen LogP) is 0.385. The van der Waals surface area contributed by atoms with Gasteiger partial charge < -0.3 is 5.11 Å². The van der Waals surface area contributed by atoms with Gasteiger partial charge in [-0.25, -0.2) is 10.8 Å². The second kappa shape index (κ2) is 4.89. The van der Waals surface area contributed by atoms with Gasteiger partial charge in [0.15, 0.2) is 5.13 Å². The van der Waals surface area contributed by atoms with Crippen molar-refractivity contribution >= 4 is 16.5 Å². The van der Waals surface area contributed by atoms with Gasteiger partial charge in [0.25, 0.3) is 0 Å². The third-order valence-electron chi connectivity index (χ3n) is 2.61. The van der Waals surface area contributed by atoms with Crippen LogP contribution in [0, 0.1) is 0 Å². The maximum atomic E-state index is 9.37. The molecule has 1 fully saturated rings. The number of aromatic nitrogens is 1. The quantitative estimate of drug-likeness (QED) is 0.515. The number of hydrogen-bond acceptors (Lipinski definition) is 6. The van der Waals surface area contributed by atoms with Crippen molar-refractivity contribution in [1.82, 2.24) is 9.88 Å². The zero-order chi connectivity index (χ0) is 10.7. The highest BCUT2D eigenvalue weighted by Gasteiger charge is 2.17. The molecule has 0 bridgehead atoms. The first-order valence-electron chi connectivity index (χ1n) is 5.09. The average molecular weight is 228 g/mol. The van der Waals surface area contributed by atoms with Gasteiger partial charge in [-0.3, -0.25) is 10.3 Å². The average Bonchev–Trinajstić information content (AvgIpc) is 2.69. The Hall–Kier alpha value is -0.690. The summed E-state index contributed by atoms with van der Waals surface area (Å²) in [4.78, 5) is 7.66. The minimum atomic E-state index is -0.107. The van der Waals surface area contributed by atoms with E-state index in [1.165, 1.54) is 4.88 Å². The Bertz CT molecular complexity index is 309. The van der Waals surface area contributed by atoms with Crippen LogP contribution >= 0.6 is 11.3 Å². The Morgan fingerprint density at radius 3 is 2.93 bits per heavy atom. The fourth-order valence-corrected chi connectivity index (χ4v) is 2.51. The molecule has 0 saturated carbocycles. The Morgan fingerprint density at radius 2 is 2.33 bits per heavy atom. The highest BCUT2D eigenvalue weighted by atomic mass is 32.1. The van der Waals surface area contributed by atoms with E-state index in [0.29, 0.717) is 0 Å². The van der Waals surface area contributed by atoms with Crippen LogP contribution in [0.2, 0.25) is 0 Å². The third kappa shape index (κ3) is 2.88. The van der Waals surface area contributed by atoms with E-state index in [1.807, 2.05) is 6.20 Å². The molecule has 1 aromatic rings. The lowest BCUT2D eigenvalue weighted by atomic mass is 10.1. The summed E-state index contributed by atoms with van der Waals surface area (Å²) in [5, 5.41) is 10.1. The van der Waals surface area contributed by atoms with E-state index in [2.05, 4.69) is 15.3 Å². The van der Waals surface area contributed by atoms with Crippen molar-refractivity contribution in [2.45, 2.75) is 25.5 Å². The van der Waals surface area contributed by atoms with Crippen LogP contribution in [0.25, 0.3) is 0 Å². The smallest absolute Gasteiger partial charge is 0.197 e. The van der Waals surface area contributed by atoms with Gasteiger partial charge in [-0.2, -0.15) is 0 Å². The summed E-state index contributed by atoms with van der Waals surface area (Å²) in [6, 6.07) is 0. The van der Waals surface area contributed by atoms with Crippen molar-refractivity contribution < 1.29 is 5.11 Å². The van der Waals surface area contributed by atoms with Crippen LogP contribution in [-0.4, -0.2) is 34.2 Å². The van der Waals surface area contributed by atoms with Gasteiger partial charge in [0, 0.05) is 30.7 Å². The number of piperidine rings is 1. The number of nitrogens with two attached hydrogens (primary N) is 1. The number of rotatable bonds is 3. The second-order valence-electron chi connectivity index (χ2n) is 3.78. The van der Waals surface area contributed by atoms with Gasteiger partial charge in [-0.1, -0.05) is 11.3 Å². The molecular weight excluding hydrogens is 212 g/mol. The Morgan fingerprint density at radius 1 is 1.60 bits per heavy atom. The second-order valence-corrected chi connectivity index (χ2v) is 4.90. The summed E-state index contributed by atoms with van der Waals surface area (Å²) in [7, 11) is 0. The number of aliphatic hydroxyl groups excluding tert-OH is 1. The fourth-order valence-electron chi connectivity index (χ4n) is 1.75. The first-order valence-corrected chi connectivity index (χ1v) is 5.91. The molecule has 0 radical (unpaired) electrons. The monoisotopic (exact) mass is 228 g/mol. The number of likely N-dealkylation sites (tertiary alicyclic amines) is 1. The van der Waals surface area contributed by atoms with Gasteiger partial charge in [-0.05, 0) is 12.8 Å². The van der Waals surface area contributed by atoms with Gasteiger partial charge in [0.2, 0.25) is 0 Å². The summed E-state index contributed by atoms with van der Waals surface area (Å²) in [6.07, 6.45) is 3.50. The summed E-state index contributed by atoms with van der Waals surface area (Å²) in [5.41, 5.74) is 2.54. The topological polar surface area (TPSA) is 74.4 Å². The molecule has 0 unspecified atom stereocenters. The molecule has 1 saturated heterocycles. The molecule has 15 heavy (non-hydrogen) atoms. The highest BCUT2D eigenvalue weighted by Crippen LogP contribution is 2.20. The molecule has 1 aliphatic rings. The van der Waals surface area contributed by atoms with Crippen molar-refractivity contribution in [2.24, 2.45) is 5.84 Å². The lowest BCUT2D eigenvalue weighted by molar-refractivity contribution is 0.0797. The van der Waals surface area contributed by atoms with Gasteiger partial charge >= 0.3 is 0 Å². The van der Waals surface area contributed by atoms with E-state index >= 15 is 0 Å². The van der Waals surface area contributed by atoms with Crippen LogP contribution in [0.5, 0.6) is 0 Å². The van der Waals surface area contributed by atoms with E-state index in [-0.39, 0.29) is 6.10 Å². The molecule has 2 heterocycles. The van der Waals surface area contributed by atoms with Crippen LogP contribution < -0.4 is 11.3 Å². The molecule has 4 N–H and O–H groups in total. The summed E-state index contributed by atoms with van der Waals surface area (Å²) < 4.78 is 0. The SMILES string of the molecule is NNc1ncc(CN2CCC(O)CC2)s1. The number of aliphatic hydroxyl groups is 1. The number of nitrogens with one attached hydrogen (secondary N) is 1. The van der Waals surface area contributed by atoms with E-state index in [9.17, 15) is 5.11 Å². The lowest BCUT2D eigenvalue weighted by Crippen LogP contribution is -2.35. The molecule has 84 valence electrons. The number of hydrazine groups is 1. The molecule has 0 aromatic carbocycles. The van der Waals surface area contributed by atoms with Crippen LogP contribution in [-0.2, 0) is 6.54 Å². The summed E-state index contributed by atoms with van der Waals surface area (Å²) in [5.74, 6) is 5.27. The van der Waals surface area contributed by atoms with E-state index in [4.69, 9.17) is 5.84 Å². The van der Waals surface area contributed by atoms with Crippen LogP contribution in [0.3, 0.4) is 0 Å². The van der Waals surface area contributed by atoms with E-state index in [0.717, 1.165) is 37.6 Å². The minimum Gasteiger partial charge on any atom is -0.393 e. The number of thiazole rings is 1. The maximum Gasteiger partial charge on any atom is 0.197 e. The first-order chi connectivity index (χ1) is 7.28. The number of anilines is 1. The van der Waals surface area contributed by atoms with Crippen molar-refractivity contribution in [3.05, 3.63) is 11.1 Å². The van der Waals surface area contributed by atoms with Gasteiger partial charge in [0.05, 0.1) is 6.10 Å². The largest absolute Gasteiger partial charge is 0.393 e. The number of nitrogen functional groups attached to an aromatic ring is 1. The number of nitrogens with zero attached hydrogens (tertiary/aromatic N) is 2. The molecule has 0 amide bonds. The summed E-state index contributed by atoms with van der Waals surface area (Å²) in [6.45, 7) is 2.83. The van der Waals surface area contributed by atoms with Crippen molar-refractivity contribution in [3.8, 4) is 0 Å². The molecule has 0 spiro atoms. The third-order valence-corrected chi connectivity index (χ3v) is 3.53. The van der Waals surface area contributed by atoms with Gasteiger partial charge in [-0.15, -0.1) is 0 Å². The Kier molecular flexibility index (Phi) is 3.53. The molecule has 1 aliphatic heterocycles. The van der Waals surface area contributed by atoms with Crippen molar-refractivity contribution in [2.75, 3.05) is 18.5 Å². The van der Waals surface area contributed by atoms with Crippen molar-refractivity contribution in [1.29, 1.82) is 0 Å².